The lowest BCUT2D eigenvalue weighted by molar-refractivity contribution is -0.384. The molecule has 0 aliphatic heterocycles. The van der Waals surface area contributed by atoms with Crippen molar-refractivity contribution in [2.45, 2.75) is 39.2 Å². The van der Waals surface area contributed by atoms with Crippen molar-refractivity contribution in [1.82, 2.24) is 0 Å². The second-order valence-electron chi connectivity index (χ2n) is 5.64. The summed E-state index contributed by atoms with van der Waals surface area (Å²) >= 11 is 0. The molecule has 0 aromatic heterocycles. The van der Waals surface area contributed by atoms with Crippen molar-refractivity contribution in [3.05, 3.63) is 28.3 Å². The van der Waals surface area contributed by atoms with Crippen LogP contribution in [0.4, 0.5) is 17.1 Å². The molecule has 5 nitrogen and oxygen atoms in total. The molecule has 0 amide bonds. The molecule has 1 aliphatic carbocycles. The Morgan fingerprint density at radius 3 is 2.63 bits per heavy atom. The molecule has 2 rings (SSSR count). The van der Waals surface area contributed by atoms with E-state index in [1.807, 2.05) is 0 Å². The van der Waals surface area contributed by atoms with Gasteiger partial charge in [0.15, 0.2) is 0 Å². The summed E-state index contributed by atoms with van der Waals surface area (Å²) < 4.78 is 0. The fourth-order valence-corrected chi connectivity index (χ4v) is 2.69. The van der Waals surface area contributed by atoms with Crippen LogP contribution in [0.3, 0.4) is 0 Å². The molecule has 0 heterocycles. The molecule has 1 fully saturated rings. The number of nitro groups is 1. The minimum atomic E-state index is -0.426. The molecule has 19 heavy (non-hydrogen) atoms. The summed E-state index contributed by atoms with van der Waals surface area (Å²) in [5.74, 6) is 1.47. The first-order valence-corrected chi connectivity index (χ1v) is 6.78. The maximum absolute atomic E-state index is 10.7. The average Bonchev–Trinajstić information content (AvgIpc) is 2.36. The first-order valence-electron chi connectivity index (χ1n) is 6.78. The average molecular weight is 263 g/mol. The van der Waals surface area contributed by atoms with E-state index < -0.39 is 4.92 Å². The Morgan fingerprint density at radius 2 is 2.05 bits per heavy atom. The Labute approximate surface area is 113 Å². The van der Waals surface area contributed by atoms with Crippen LogP contribution >= 0.6 is 0 Å². The van der Waals surface area contributed by atoms with E-state index in [-0.39, 0.29) is 5.69 Å². The van der Waals surface area contributed by atoms with Gasteiger partial charge in [-0.3, -0.25) is 10.1 Å². The Balaban J connectivity index is 2.05. The van der Waals surface area contributed by atoms with Gasteiger partial charge < -0.3 is 11.1 Å². The number of rotatable bonds is 3. The lowest BCUT2D eigenvalue weighted by Gasteiger charge is -2.33. The van der Waals surface area contributed by atoms with E-state index in [9.17, 15) is 10.1 Å². The molecule has 0 spiro atoms. The van der Waals surface area contributed by atoms with Gasteiger partial charge in [0.05, 0.1) is 16.3 Å². The van der Waals surface area contributed by atoms with E-state index in [0.29, 0.717) is 17.6 Å². The number of nitrogens with zero attached hydrogens (tertiary/aromatic N) is 1. The summed E-state index contributed by atoms with van der Waals surface area (Å²) in [5, 5.41) is 14.1. The molecule has 1 aromatic carbocycles. The molecule has 3 N–H and O–H groups in total. The number of non-ortho nitro benzene ring substituents is 1. The van der Waals surface area contributed by atoms with Gasteiger partial charge in [0.25, 0.3) is 5.69 Å². The first kappa shape index (κ1) is 13.6. The SMILES string of the molecule is CC1CCC(Nc2ccc([N+](=O)[O-])cc2N)CC1C. The minimum Gasteiger partial charge on any atom is -0.397 e. The van der Waals surface area contributed by atoms with Gasteiger partial charge in [0.2, 0.25) is 0 Å². The second-order valence-corrected chi connectivity index (χ2v) is 5.64. The summed E-state index contributed by atoms with van der Waals surface area (Å²) in [5.41, 5.74) is 7.16. The van der Waals surface area contributed by atoms with Gasteiger partial charge in [-0.2, -0.15) is 0 Å². The summed E-state index contributed by atoms with van der Waals surface area (Å²) in [6, 6.07) is 5.02. The van der Waals surface area contributed by atoms with Gasteiger partial charge in [-0.15, -0.1) is 0 Å². The van der Waals surface area contributed by atoms with E-state index in [1.165, 1.54) is 18.6 Å². The number of nitrogens with one attached hydrogen (secondary N) is 1. The van der Waals surface area contributed by atoms with Crippen molar-refractivity contribution < 1.29 is 4.92 Å². The number of nitrogen functional groups attached to an aromatic ring is 1. The Hall–Kier alpha value is -1.78. The molecule has 1 aliphatic rings. The Kier molecular flexibility index (Phi) is 3.93. The van der Waals surface area contributed by atoms with Crippen LogP contribution in [0.15, 0.2) is 18.2 Å². The smallest absolute Gasteiger partial charge is 0.271 e. The zero-order chi connectivity index (χ0) is 14.0. The summed E-state index contributed by atoms with van der Waals surface area (Å²) in [6.07, 6.45) is 3.46. The van der Waals surface area contributed by atoms with Crippen molar-refractivity contribution in [3.63, 3.8) is 0 Å². The third kappa shape index (κ3) is 3.16. The third-order valence-corrected chi connectivity index (χ3v) is 4.20. The highest BCUT2D eigenvalue weighted by molar-refractivity contribution is 5.69. The third-order valence-electron chi connectivity index (χ3n) is 4.20. The maximum atomic E-state index is 10.7. The van der Waals surface area contributed by atoms with Crippen LogP contribution in [-0.2, 0) is 0 Å². The van der Waals surface area contributed by atoms with Crippen molar-refractivity contribution in [3.8, 4) is 0 Å². The van der Waals surface area contributed by atoms with Crippen LogP contribution in [-0.4, -0.2) is 11.0 Å². The lowest BCUT2D eigenvalue weighted by Crippen LogP contribution is -2.30. The fraction of sp³-hybridized carbons (Fsp3) is 0.571. The van der Waals surface area contributed by atoms with E-state index in [2.05, 4.69) is 19.2 Å². The second kappa shape index (κ2) is 5.47. The first-order chi connectivity index (χ1) is 8.97. The molecular weight excluding hydrogens is 242 g/mol. The number of hydrogen-bond acceptors (Lipinski definition) is 4. The van der Waals surface area contributed by atoms with Gasteiger partial charge in [0, 0.05) is 18.2 Å². The number of nitro benzene ring substituents is 1. The Bertz CT molecular complexity index is 476. The highest BCUT2D eigenvalue weighted by atomic mass is 16.6. The van der Waals surface area contributed by atoms with Crippen LogP contribution in [0.1, 0.15) is 33.1 Å². The molecule has 3 unspecified atom stereocenters. The Morgan fingerprint density at radius 1 is 1.32 bits per heavy atom. The zero-order valence-corrected chi connectivity index (χ0v) is 11.4. The standard InChI is InChI=1S/C14H21N3O2/c1-9-3-4-11(7-10(9)2)16-14-6-5-12(17(18)19)8-13(14)15/h5-6,8-11,16H,3-4,7,15H2,1-2H3. The van der Waals surface area contributed by atoms with Gasteiger partial charge in [-0.05, 0) is 37.2 Å². The van der Waals surface area contributed by atoms with Crippen molar-refractivity contribution >= 4 is 17.1 Å². The molecule has 1 saturated carbocycles. The normalized spacial score (nSPS) is 26.9. The predicted molar refractivity (Wildman–Crippen MR) is 77.1 cm³/mol. The quantitative estimate of drug-likeness (QED) is 0.497. The number of nitrogens with two attached hydrogens (primary N) is 1. The molecule has 104 valence electrons. The maximum Gasteiger partial charge on any atom is 0.271 e. The van der Waals surface area contributed by atoms with E-state index in [0.717, 1.165) is 24.4 Å². The topological polar surface area (TPSA) is 81.2 Å². The highest BCUT2D eigenvalue weighted by Gasteiger charge is 2.24. The molecule has 1 aromatic rings. The number of benzene rings is 1. The van der Waals surface area contributed by atoms with Crippen molar-refractivity contribution in [1.29, 1.82) is 0 Å². The fourth-order valence-electron chi connectivity index (χ4n) is 2.69. The largest absolute Gasteiger partial charge is 0.397 e. The van der Waals surface area contributed by atoms with E-state index in [4.69, 9.17) is 5.73 Å². The van der Waals surface area contributed by atoms with Gasteiger partial charge in [0.1, 0.15) is 0 Å². The van der Waals surface area contributed by atoms with Crippen LogP contribution in [0.25, 0.3) is 0 Å². The number of hydrogen-bond donors (Lipinski definition) is 2. The van der Waals surface area contributed by atoms with Crippen LogP contribution < -0.4 is 11.1 Å². The highest BCUT2D eigenvalue weighted by Crippen LogP contribution is 2.32. The van der Waals surface area contributed by atoms with Gasteiger partial charge in [-0.25, -0.2) is 0 Å². The van der Waals surface area contributed by atoms with Crippen LogP contribution in [0.5, 0.6) is 0 Å². The van der Waals surface area contributed by atoms with Crippen molar-refractivity contribution in [2.75, 3.05) is 11.1 Å². The van der Waals surface area contributed by atoms with Crippen LogP contribution in [0, 0.1) is 22.0 Å². The van der Waals surface area contributed by atoms with Gasteiger partial charge >= 0.3 is 0 Å². The van der Waals surface area contributed by atoms with Gasteiger partial charge in [-0.1, -0.05) is 13.8 Å². The molecule has 0 radical (unpaired) electrons. The minimum absolute atomic E-state index is 0.0358. The molecule has 5 heteroatoms. The zero-order valence-electron chi connectivity index (χ0n) is 11.4. The predicted octanol–water partition coefficient (Wildman–Crippen LogP) is 3.41. The molecule has 0 saturated heterocycles. The summed E-state index contributed by atoms with van der Waals surface area (Å²) in [6.45, 7) is 4.57. The lowest BCUT2D eigenvalue weighted by atomic mass is 9.79. The van der Waals surface area contributed by atoms with Crippen molar-refractivity contribution in [2.24, 2.45) is 11.8 Å². The van der Waals surface area contributed by atoms with Crippen LogP contribution in [0.2, 0.25) is 0 Å². The number of anilines is 2. The molecule has 0 bridgehead atoms. The monoisotopic (exact) mass is 263 g/mol. The molecule has 3 atom stereocenters. The van der Waals surface area contributed by atoms with E-state index >= 15 is 0 Å². The van der Waals surface area contributed by atoms with E-state index in [1.54, 1.807) is 6.07 Å². The summed E-state index contributed by atoms with van der Waals surface area (Å²) in [4.78, 5) is 10.2. The molecular formula is C14H21N3O2. The summed E-state index contributed by atoms with van der Waals surface area (Å²) in [7, 11) is 0.